The summed E-state index contributed by atoms with van der Waals surface area (Å²) < 4.78 is 0. The van der Waals surface area contributed by atoms with Crippen molar-refractivity contribution in [2.24, 2.45) is 0 Å². The van der Waals surface area contributed by atoms with Crippen LogP contribution in [0, 0.1) is 6.92 Å². The Morgan fingerprint density at radius 3 is 2.45 bits per heavy atom. The van der Waals surface area contributed by atoms with Crippen molar-refractivity contribution in [3.63, 3.8) is 0 Å². The predicted molar refractivity (Wildman–Crippen MR) is 85.4 cm³/mol. The van der Waals surface area contributed by atoms with Crippen LogP contribution in [0.5, 0.6) is 5.75 Å². The number of phenols is 1. The Morgan fingerprint density at radius 2 is 1.80 bits per heavy atom. The second-order valence-corrected chi connectivity index (χ2v) is 5.56. The van der Waals surface area contributed by atoms with Crippen molar-refractivity contribution in [3.05, 3.63) is 29.5 Å². The molecule has 1 aromatic heterocycles. The van der Waals surface area contributed by atoms with Crippen molar-refractivity contribution in [3.8, 4) is 5.75 Å². The number of phenolic OH excluding ortho intramolecular Hbond substituents is 1. The van der Waals surface area contributed by atoms with Gasteiger partial charge in [-0.1, -0.05) is 19.9 Å². The van der Waals surface area contributed by atoms with Gasteiger partial charge in [-0.2, -0.15) is 0 Å². The summed E-state index contributed by atoms with van der Waals surface area (Å²) in [6.45, 7) is 9.89. The Morgan fingerprint density at radius 1 is 1.10 bits per heavy atom. The van der Waals surface area contributed by atoms with Gasteiger partial charge in [-0.25, -0.2) is 0 Å². The molecule has 0 aliphatic rings. The number of rotatable bonds is 7. The van der Waals surface area contributed by atoms with E-state index in [1.54, 1.807) is 6.07 Å². The summed E-state index contributed by atoms with van der Waals surface area (Å²) in [6.07, 6.45) is 5.42. The van der Waals surface area contributed by atoms with Gasteiger partial charge in [-0.15, -0.1) is 0 Å². The number of aryl methyl sites for hydroxylation is 1. The lowest BCUT2D eigenvalue weighted by Crippen LogP contribution is -2.27. The Hall–Kier alpha value is -1.48. The number of hydrogen-bond acceptors (Lipinski definition) is 2. The molecule has 110 valence electrons. The molecular formula is C17H26N2O. The van der Waals surface area contributed by atoms with E-state index in [2.05, 4.69) is 30.7 Å². The van der Waals surface area contributed by atoms with E-state index >= 15 is 0 Å². The Kier molecular flexibility index (Phi) is 5.07. The molecule has 0 saturated heterocycles. The van der Waals surface area contributed by atoms with Crippen LogP contribution >= 0.6 is 0 Å². The molecule has 0 amide bonds. The molecule has 1 aromatic carbocycles. The third kappa shape index (κ3) is 3.15. The average Bonchev–Trinajstić information content (AvgIpc) is 2.86. The van der Waals surface area contributed by atoms with Gasteiger partial charge in [0.2, 0.25) is 0 Å². The number of aromatic amines is 1. The molecule has 20 heavy (non-hydrogen) atoms. The first-order valence-electron chi connectivity index (χ1n) is 7.68. The number of nitrogens with one attached hydrogen (secondary N) is 1. The van der Waals surface area contributed by atoms with Crippen LogP contribution in [0.15, 0.2) is 18.3 Å². The fraction of sp³-hybridized carbons (Fsp3) is 0.529. The van der Waals surface area contributed by atoms with Crippen molar-refractivity contribution in [2.75, 3.05) is 19.6 Å². The molecule has 0 aliphatic heterocycles. The highest BCUT2D eigenvalue weighted by atomic mass is 16.3. The zero-order valence-electron chi connectivity index (χ0n) is 12.9. The minimum atomic E-state index is 0.388. The number of H-pyrrole nitrogens is 1. The van der Waals surface area contributed by atoms with E-state index in [1.807, 2.05) is 12.3 Å². The zero-order chi connectivity index (χ0) is 14.5. The molecule has 2 N–H and O–H groups in total. The van der Waals surface area contributed by atoms with Gasteiger partial charge in [0.05, 0.1) is 5.52 Å². The number of benzene rings is 1. The summed E-state index contributed by atoms with van der Waals surface area (Å²) in [7, 11) is 0. The lowest BCUT2D eigenvalue weighted by Gasteiger charge is -2.20. The molecule has 0 bridgehead atoms. The zero-order valence-corrected chi connectivity index (χ0v) is 12.9. The van der Waals surface area contributed by atoms with E-state index in [1.165, 1.54) is 24.0 Å². The first-order valence-corrected chi connectivity index (χ1v) is 7.68. The van der Waals surface area contributed by atoms with Crippen LogP contribution in [-0.2, 0) is 6.42 Å². The summed E-state index contributed by atoms with van der Waals surface area (Å²) in [5.74, 6) is 0.388. The third-order valence-corrected chi connectivity index (χ3v) is 3.88. The van der Waals surface area contributed by atoms with Crippen molar-refractivity contribution in [1.29, 1.82) is 0 Å². The molecule has 0 atom stereocenters. The summed E-state index contributed by atoms with van der Waals surface area (Å²) in [4.78, 5) is 5.81. The van der Waals surface area contributed by atoms with E-state index < -0.39 is 0 Å². The molecule has 0 radical (unpaired) electrons. The van der Waals surface area contributed by atoms with E-state index in [0.717, 1.165) is 37.0 Å². The van der Waals surface area contributed by atoms with Gasteiger partial charge in [0.15, 0.2) is 0 Å². The minimum Gasteiger partial charge on any atom is -0.507 e. The van der Waals surface area contributed by atoms with Crippen molar-refractivity contribution < 1.29 is 5.11 Å². The van der Waals surface area contributed by atoms with Crippen LogP contribution in [-0.4, -0.2) is 34.6 Å². The standard InChI is InChI=1S/C17H26N2O/c1-4-9-19(10-5-2)11-8-14-12-18-17-13(3)6-7-15(20)16(14)17/h6-7,12,18,20H,4-5,8-11H2,1-3H3. The van der Waals surface area contributed by atoms with E-state index in [4.69, 9.17) is 0 Å². The van der Waals surface area contributed by atoms with Crippen LogP contribution in [0.25, 0.3) is 10.9 Å². The predicted octanol–water partition coefficient (Wildman–Crippen LogP) is 3.85. The highest BCUT2D eigenvalue weighted by molar-refractivity contribution is 5.91. The van der Waals surface area contributed by atoms with Gasteiger partial charge in [0, 0.05) is 18.1 Å². The maximum atomic E-state index is 10.1. The second kappa shape index (κ2) is 6.80. The maximum Gasteiger partial charge on any atom is 0.125 e. The normalized spacial score (nSPS) is 11.6. The maximum absolute atomic E-state index is 10.1. The molecule has 0 saturated carbocycles. The fourth-order valence-corrected chi connectivity index (χ4v) is 2.88. The van der Waals surface area contributed by atoms with Gasteiger partial charge >= 0.3 is 0 Å². The highest BCUT2D eigenvalue weighted by Crippen LogP contribution is 2.30. The monoisotopic (exact) mass is 274 g/mol. The molecule has 2 aromatic rings. The largest absolute Gasteiger partial charge is 0.507 e. The number of aromatic nitrogens is 1. The Bertz CT molecular complexity index is 553. The third-order valence-electron chi connectivity index (χ3n) is 3.88. The van der Waals surface area contributed by atoms with E-state index in [9.17, 15) is 5.11 Å². The van der Waals surface area contributed by atoms with Crippen LogP contribution in [0.3, 0.4) is 0 Å². The van der Waals surface area contributed by atoms with Gasteiger partial charge in [0.25, 0.3) is 0 Å². The quantitative estimate of drug-likeness (QED) is 0.805. The van der Waals surface area contributed by atoms with Crippen molar-refractivity contribution >= 4 is 10.9 Å². The summed E-state index contributed by atoms with van der Waals surface area (Å²) in [5, 5.41) is 11.1. The lowest BCUT2D eigenvalue weighted by molar-refractivity contribution is 0.278. The number of fused-ring (bicyclic) bond motifs is 1. The number of nitrogens with zero attached hydrogens (tertiary/aromatic N) is 1. The van der Waals surface area contributed by atoms with Crippen LogP contribution in [0.4, 0.5) is 0 Å². The lowest BCUT2D eigenvalue weighted by atomic mass is 10.1. The summed E-state index contributed by atoms with van der Waals surface area (Å²) in [5.41, 5.74) is 3.47. The fourth-order valence-electron chi connectivity index (χ4n) is 2.88. The first kappa shape index (κ1) is 14.9. The number of aromatic hydroxyl groups is 1. The molecule has 3 nitrogen and oxygen atoms in total. The van der Waals surface area contributed by atoms with Crippen molar-refractivity contribution in [1.82, 2.24) is 9.88 Å². The molecule has 3 heteroatoms. The molecule has 0 fully saturated rings. The smallest absolute Gasteiger partial charge is 0.125 e. The number of hydrogen-bond donors (Lipinski definition) is 2. The van der Waals surface area contributed by atoms with E-state index in [0.29, 0.717) is 5.75 Å². The molecule has 2 rings (SSSR count). The molecule has 0 spiro atoms. The first-order chi connectivity index (χ1) is 9.67. The van der Waals surface area contributed by atoms with Gasteiger partial charge in [-0.3, -0.25) is 0 Å². The SMILES string of the molecule is CCCN(CCC)CCc1c[nH]c2c(C)ccc(O)c12. The van der Waals surface area contributed by atoms with Crippen LogP contribution in [0.2, 0.25) is 0 Å². The van der Waals surface area contributed by atoms with Crippen molar-refractivity contribution in [2.45, 2.75) is 40.0 Å². The molecule has 0 aliphatic carbocycles. The van der Waals surface area contributed by atoms with Crippen LogP contribution < -0.4 is 0 Å². The average molecular weight is 274 g/mol. The second-order valence-electron chi connectivity index (χ2n) is 5.56. The Balaban J connectivity index is 2.15. The van der Waals surface area contributed by atoms with Gasteiger partial charge < -0.3 is 15.0 Å². The Labute approximate surface area is 121 Å². The van der Waals surface area contributed by atoms with Gasteiger partial charge in [-0.05, 0) is 56.5 Å². The summed E-state index contributed by atoms with van der Waals surface area (Å²) in [6, 6.07) is 3.75. The topological polar surface area (TPSA) is 39.3 Å². The van der Waals surface area contributed by atoms with Gasteiger partial charge in [0.1, 0.15) is 5.75 Å². The summed E-state index contributed by atoms with van der Waals surface area (Å²) >= 11 is 0. The molecule has 1 heterocycles. The minimum absolute atomic E-state index is 0.388. The van der Waals surface area contributed by atoms with E-state index in [-0.39, 0.29) is 0 Å². The highest BCUT2D eigenvalue weighted by Gasteiger charge is 2.11. The molecular weight excluding hydrogens is 248 g/mol. The van der Waals surface area contributed by atoms with Crippen LogP contribution in [0.1, 0.15) is 37.8 Å². The molecule has 0 unspecified atom stereocenters.